The number of nitrogens with one attached hydrogen (secondary N) is 3. The molecule has 3 N–H and O–H groups in total. The number of nitro groups is 1. The van der Waals surface area contributed by atoms with Crippen molar-refractivity contribution in [3.05, 3.63) is 122 Å². The molecule has 9 rings (SSSR count). The van der Waals surface area contributed by atoms with Crippen LogP contribution in [0, 0.1) is 31.9 Å². The van der Waals surface area contributed by atoms with Crippen molar-refractivity contribution in [2.45, 2.75) is 62.0 Å². The first-order valence-corrected chi connectivity index (χ1v) is 23.3. The van der Waals surface area contributed by atoms with Crippen LogP contribution in [-0.4, -0.2) is 91.9 Å². The number of anilines is 1. The van der Waals surface area contributed by atoms with E-state index < -0.39 is 51.9 Å². The largest absolute Gasteiger partial charge is 0.632 e. The van der Waals surface area contributed by atoms with Crippen LogP contribution in [-0.2, 0) is 25.1 Å². The summed E-state index contributed by atoms with van der Waals surface area (Å²) in [6, 6.07) is 18.6. The van der Waals surface area contributed by atoms with Gasteiger partial charge < -0.3 is 44.2 Å². The Hall–Kier alpha value is -5.18. The Morgan fingerprint density at radius 1 is 1.00 bits per heavy atom. The van der Waals surface area contributed by atoms with Crippen LogP contribution in [0.3, 0.4) is 0 Å². The molecule has 0 spiro atoms. The lowest BCUT2D eigenvalue weighted by Crippen LogP contribution is -2.65. The number of hydroxylamine groups is 5. The van der Waals surface area contributed by atoms with Crippen LogP contribution in [0.15, 0.2) is 90.1 Å². The predicted octanol–water partition coefficient (Wildman–Crippen LogP) is 7.88. The van der Waals surface area contributed by atoms with Crippen molar-refractivity contribution in [3.63, 3.8) is 0 Å². The zero-order valence-corrected chi connectivity index (χ0v) is 37.1. The first-order chi connectivity index (χ1) is 30.4. The number of aromatic nitrogens is 2. The fraction of sp³-hybridized carbons (Fsp3) is 0.422. The van der Waals surface area contributed by atoms with Gasteiger partial charge in [0.15, 0.2) is 5.60 Å². The second-order valence-corrected chi connectivity index (χ2v) is 20.6. The fourth-order valence-corrected chi connectivity index (χ4v) is 10.9. The third-order valence-electron chi connectivity index (χ3n) is 13.5. The number of amides is 1. The average molecular weight is 916 g/mol. The molecule has 2 unspecified atom stereocenters. The van der Waals surface area contributed by atoms with Gasteiger partial charge in [0.1, 0.15) is 66.8 Å². The topological polar surface area (TPSA) is 224 Å². The third kappa shape index (κ3) is 8.56. The molecule has 2 atom stereocenters. The van der Waals surface area contributed by atoms with Gasteiger partial charge in [0.2, 0.25) is 0 Å². The van der Waals surface area contributed by atoms with Crippen LogP contribution in [0.1, 0.15) is 61.9 Å². The molecule has 4 fully saturated rings. The Morgan fingerprint density at radius 3 is 2.48 bits per heavy atom. The summed E-state index contributed by atoms with van der Waals surface area (Å²) in [5.74, 6) is -0.793. The van der Waals surface area contributed by atoms with Crippen molar-refractivity contribution >= 4 is 55.6 Å². The molecule has 4 aliphatic rings. The first-order valence-electron chi connectivity index (χ1n) is 21.4. The van der Waals surface area contributed by atoms with Gasteiger partial charge in [-0.1, -0.05) is 37.6 Å². The predicted molar refractivity (Wildman–Crippen MR) is 240 cm³/mol. The molecule has 3 aromatic carbocycles. The van der Waals surface area contributed by atoms with Crippen molar-refractivity contribution in [3.8, 4) is 11.5 Å². The lowest BCUT2D eigenvalue weighted by Gasteiger charge is -2.55. The number of hydrogen-bond donors (Lipinski definition) is 3. The summed E-state index contributed by atoms with van der Waals surface area (Å²) in [7, 11) is -4.67. The van der Waals surface area contributed by atoms with Gasteiger partial charge in [-0.25, -0.2) is 18.1 Å². The SMILES string of the molecule is CC1(C)CCC2(C[N+]3([O-])CC[N+]([O-])(c4ccc(C(=O)NS(=O)(=O)c5ccc(NCC6CCOCC6)c([N+](=O)[O-])c5)c(Oc5cnc6[nH]ccc6c5)c4)CC3)OC2(c2ccc(Cl)cc2)C1. The highest BCUT2D eigenvalue weighted by atomic mass is 35.5. The van der Waals surface area contributed by atoms with E-state index in [2.05, 4.69) is 29.1 Å². The van der Waals surface area contributed by atoms with Crippen molar-refractivity contribution < 1.29 is 37.0 Å². The van der Waals surface area contributed by atoms with E-state index in [9.17, 15) is 33.7 Å². The monoisotopic (exact) mass is 915 g/mol. The van der Waals surface area contributed by atoms with Gasteiger partial charge in [-0.05, 0) is 91.5 Å². The lowest BCUT2D eigenvalue weighted by atomic mass is 9.65. The maximum absolute atomic E-state index is 14.7. The summed E-state index contributed by atoms with van der Waals surface area (Å²) in [6.07, 6.45) is 7.05. The lowest BCUT2D eigenvalue weighted by molar-refractivity contribution is -0.887. The van der Waals surface area contributed by atoms with Crippen molar-refractivity contribution in [1.29, 1.82) is 0 Å². The van der Waals surface area contributed by atoms with Gasteiger partial charge in [0.25, 0.3) is 21.6 Å². The number of ether oxygens (including phenoxy) is 3. The van der Waals surface area contributed by atoms with Gasteiger partial charge in [-0.3, -0.25) is 14.9 Å². The smallest absolute Gasteiger partial charge is 0.293 e. The van der Waals surface area contributed by atoms with Gasteiger partial charge >= 0.3 is 0 Å². The number of H-pyrrole nitrogens is 1. The number of rotatable bonds is 13. The summed E-state index contributed by atoms with van der Waals surface area (Å²) < 4.78 is 46.2. The van der Waals surface area contributed by atoms with E-state index in [1.54, 1.807) is 18.3 Å². The molecule has 2 aromatic heterocycles. The van der Waals surface area contributed by atoms with E-state index >= 15 is 0 Å². The molecule has 1 saturated carbocycles. The molecule has 3 aliphatic heterocycles. The number of quaternary nitrogens is 2. The number of hydrogen-bond acceptors (Lipinski definition) is 12. The van der Waals surface area contributed by atoms with E-state index in [1.165, 1.54) is 36.5 Å². The number of carbonyl (C=O) groups is 1. The number of benzene rings is 3. The number of nitrogens with zero attached hydrogens (tertiary/aromatic N) is 4. The zero-order valence-electron chi connectivity index (χ0n) is 35.5. The molecule has 17 nitrogen and oxygen atoms in total. The standard InChI is InChI=1S/C45H50ClN7O10S/c1-43(2)14-15-44(45(28-43,63-44)32-3-5-33(46)6-4-32)29-52(57)17-19-53(58,20-18-52)34-7-9-37(40(24-34)62-35-23-31-11-16-47-41(31)49-27-35)42(54)50-64(59,60)36-8-10-38(39(25-36)51(55)56)48-26-30-12-21-61-22-13-30/h3-11,16,23-25,27,30,48H,12-15,17-22,26,28-29H2,1-2H3,(H,47,49)(H,50,54). The molecule has 19 heteroatoms. The third-order valence-corrected chi connectivity index (χ3v) is 15.1. The number of piperazine rings is 1. The Balaban J connectivity index is 0.954. The second-order valence-electron chi connectivity index (χ2n) is 18.4. The summed E-state index contributed by atoms with van der Waals surface area (Å²) in [5, 5.41) is 45.8. The van der Waals surface area contributed by atoms with Crippen LogP contribution < -0.4 is 19.4 Å². The number of aromatic amines is 1. The average Bonchev–Trinajstić information content (AvgIpc) is 3.64. The quantitative estimate of drug-likeness (QED) is 0.0337. The zero-order chi connectivity index (χ0) is 45.1. The van der Waals surface area contributed by atoms with Gasteiger partial charge in [0.05, 0.1) is 21.6 Å². The molecule has 5 aromatic rings. The fourth-order valence-electron chi connectivity index (χ4n) is 9.79. The molecule has 1 amide bonds. The Kier molecular flexibility index (Phi) is 11.3. The summed E-state index contributed by atoms with van der Waals surface area (Å²) in [6.45, 7) is 6.13. The highest BCUT2D eigenvalue weighted by Crippen LogP contribution is 2.68. The molecule has 3 saturated heterocycles. The molecule has 0 bridgehead atoms. The highest BCUT2D eigenvalue weighted by molar-refractivity contribution is 7.90. The van der Waals surface area contributed by atoms with Gasteiger partial charge in [0, 0.05) is 54.6 Å². The minimum atomic E-state index is -4.67. The van der Waals surface area contributed by atoms with Crippen LogP contribution in [0.2, 0.25) is 5.02 Å². The summed E-state index contributed by atoms with van der Waals surface area (Å²) in [4.78, 5) is 32.2. The number of halogens is 1. The number of fused-ring (bicyclic) bond motifs is 2. The maximum atomic E-state index is 14.7. The van der Waals surface area contributed by atoms with Crippen LogP contribution in [0.4, 0.5) is 17.1 Å². The summed E-state index contributed by atoms with van der Waals surface area (Å²) >= 11 is 6.23. The van der Waals surface area contributed by atoms with Crippen molar-refractivity contribution in [2.24, 2.45) is 11.3 Å². The summed E-state index contributed by atoms with van der Waals surface area (Å²) in [5.41, 5.74) is -0.0726. The number of carbonyl (C=O) groups excluding carboxylic acids is 1. The van der Waals surface area contributed by atoms with Gasteiger partial charge in [-0.2, -0.15) is 0 Å². The molecular weight excluding hydrogens is 866 g/mol. The molecule has 0 radical (unpaired) electrons. The number of sulfonamides is 1. The van der Waals surface area contributed by atoms with Crippen molar-refractivity contribution in [2.75, 3.05) is 57.8 Å². The Bertz CT molecular complexity index is 2720. The molecule has 64 heavy (non-hydrogen) atoms. The first kappa shape index (κ1) is 44.0. The van der Waals surface area contributed by atoms with Crippen LogP contribution in [0.5, 0.6) is 11.5 Å². The second kappa shape index (κ2) is 16.4. The van der Waals surface area contributed by atoms with E-state index in [4.69, 9.17) is 25.8 Å². The molecule has 1 aliphatic carbocycles. The van der Waals surface area contributed by atoms with E-state index in [-0.39, 0.29) is 72.5 Å². The Labute approximate surface area is 375 Å². The number of pyridine rings is 1. The molecule has 5 heterocycles. The number of epoxide rings is 1. The van der Waals surface area contributed by atoms with E-state index in [0.29, 0.717) is 42.2 Å². The van der Waals surface area contributed by atoms with Crippen molar-refractivity contribution in [1.82, 2.24) is 19.3 Å². The molecule has 338 valence electrons. The van der Waals surface area contributed by atoms with Crippen LogP contribution >= 0.6 is 11.6 Å². The van der Waals surface area contributed by atoms with Crippen LogP contribution in [0.25, 0.3) is 11.0 Å². The highest BCUT2D eigenvalue weighted by Gasteiger charge is 2.75. The maximum Gasteiger partial charge on any atom is 0.293 e. The normalized spacial score (nSPS) is 26.8. The minimum absolute atomic E-state index is 0.00135. The van der Waals surface area contributed by atoms with E-state index in [1.807, 2.05) is 29.0 Å². The minimum Gasteiger partial charge on any atom is -0.632 e. The van der Waals surface area contributed by atoms with Gasteiger partial charge in [-0.15, -0.1) is 0 Å². The molecular formula is C45H50ClN7O10S. The van der Waals surface area contributed by atoms with E-state index in [0.717, 1.165) is 37.3 Å². The number of nitro benzene ring substituents is 1. The Morgan fingerprint density at radius 2 is 1.75 bits per heavy atom.